The molecular weight excluding hydrogens is 443 g/mol. The highest BCUT2D eigenvalue weighted by molar-refractivity contribution is 5.89. The minimum Gasteiger partial charge on any atom is -0.351 e. The molecule has 0 saturated carbocycles. The van der Waals surface area contributed by atoms with Crippen molar-refractivity contribution in [3.05, 3.63) is 71.3 Å². The summed E-state index contributed by atoms with van der Waals surface area (Å²) in [5.74, 6) is -0.163. The van der Waals surface area contributed by atoms with E-state index in [1.54, 1.807) is 11.0 Å². The first-order valence-electron chi connectivity index (χ1n) is 11.8. The van der Waals surface area contributed by atoms with Gasteiger partial charge in [-0.15, -0.1) is 0 Å². The Morgan fingerprint density at radius 1 is 1.00 bits per heavy atom. The van der Waals surface area contributed by atoms with Crippen molar-refractivity contribution < 1.29 is 22.8 Å². The Kier molecular flexibility index (Phi) is 7.56. The van der Waals surface area contributed by atoms with Crippen LogP contribution in [0.5, 0.6) is 0 Å². The first-order chi connectivity index (χ1) is 16.3. The third kappa shape index (κ3) is 5.97. The summed E-state index contributed by atoms with van der Waals surface area (Å²) in [6, 6.07) is 14.2. The largest absolute Gasteiger partial charge is 0.416 e. The molecule has 1 N–H and O–H groups in total. The van der Waals surface area contributed by atoms with Crippen LogP contribution < -0.4 is 5.32 Å². The summed E-state index contributed by atoms with van der Waals surface area (Å²) in [7, 11) is 0. The number of benzene rings is 2. The van der Waals surface area contributed by atoms with E-state index in [4.69, 9.17) is 0 Å². The van der Waals surface area contributed by atoms with Gasteiger partial charge in [-0.2, -0.15) is 13.2 Å². The first kappa shape index (κ1) is 24.3. The lowest BCUT2D eigenvalue weighted by Gasteiger charge is -2.37. The number of carbonyl (C=O) groups is 2. The Balaban J connectivity index is 1.36. The molecule has 0 spiro atoms. The van der Waals surface area contributed by atoms with E-state index in [2.05, 4.69) is 10.2 Å². The van der Waals surface area contributed by atoms with Crippen LogP contribution in [-0.2, 0) is 22.3 Å². The third-order valence-corrected chi connectivity index (χ3v) is 6.63. The summed E-state index contributed by atoms with van der Waals surface area (Å²) in [6.45, 7) is 2.38. The lowest BCUT2D eigenvalue weighted by Crippen LogP contribution is -2.50. The lowest BCUT2D eigenvalue weighted by atomic mass is 9.98. The second kappa shape index (κ2) is 10.6. The van der Waals surface area contributed by atoms with Gasteiger partial charge >= 0.3 is 6.18 Å². The van der Waals surface area contributed by atoms with Gasteiger partial charge in [-0.05, 0) is 42.9 Å². The number of halogens is 3. The maximum atomic E-state index is 13.3. The van der Waals surface area contributed by atoms with Gasteiger partial charge in [-0.3, -0.25) is 14.5 Å². The zero-order chi connectivity index (χ0) is 24.1. The number of rotatable bonds is 6. The standard InChI is InChI=1S/C26H30F3N3O2/c27-26(28,29)21-10-6-7-19(17-21)18-31-15-12-22(13-16-31)30-25(34)24(20-8-2-1-3-9-20)32-14-5-4-11-23(32)33/h1-3,6-10,17,22,24H,4-5,11-16,18H2,(H,30,34). The normalized spacial score (nSPS) is 19.1. The van der Waals surface area contributed by atoms with Crippen LogP contribution >= 0.6 is 0 Å². The van der Waals surface area contributed by atoms with E-state index in [0.29, 0.717) is 51.0 Å². The molecule has 0 radical (unpaired) electrons. The van der Waals surface area contributed by atoms with Gasteiger partial charge in [0.05, 0.1) is 5.56 Å². The highest BCUT2D eigenvalue weighted by Gasteiger charge is 2.34. The molecule has 2 aliphatic rings. The fourth-order valence-corrected chi connectivity index (χ4v) is 4.83. The summed E-state index contributed by atoms with van der Waals surface area (Å²) in [5.41, 5.74) is 0.800. The molecule has 4 rings (SSSR count). The van der Waals surface area contributed by atoms with Gasteiger partial charge in [0, 0.05) is 38.6 Å². The molecule has 34 heavy (non-hydrogen) atoms. The van der Waals surface area contributed by atoms with Crippen LogP contribution in [0.2, 0.25) is 0 Å². The summed E-state index contributed by atoms with van der Waals surface area (Å²) in [6.07, 6.45) is -0.734. The summed E-state index contributed by atoms with van der Waals surface area (Å²) in [5, 5.41) is 3.14. The SMILES string of the molecule is O=C(NC1CCN(Cc2cccc(C(F)(F)F)c2)CC1)C(c1ccccc1)N1CCCCC1=O. The minimum atomic E-state index is -4.35. The maximum Gasteiger partial charge on any atom is 0.416 e. The van der Waals surface area contributed by atoms with E-state index in [9.17, 15) is 22.8 Å². The Bertz CT molecular complexity index is 988. The van der Waals surface area contributed by atoms with E-state index in [-0.39, 0.29) is 17.9 Å². The number of hydrogen-bond donors (Lipinski definition) is 1. The number of nitrogens with one attached hydrogen (secondary N) is 1. The van der Waals surface area contributed by atoms with Crippen molar-refractivity contribution in [2.45, 2.75) is 56.9 Å². The highest BCUT2D eigenvalue weighted by Crippen LogP contribution is 2.30. The molecule has 0 bridgehead atoms. The van der Waals surface area contributed by atoms with Gasteiger partial charge in [0.25, 0.3) is 0 Å². The molecule has 1 unspecified atom stereocenters. The van der Waals surface area contributed by atoms with Gasteiger partial charge < -0.3 is 10.2 Å². The van der Waals surface area contributed by atoms with Gasteiger partial charge in [0.1, 0.15) is 6.04 Å². The molecule has 2 fully saturated rings. The van der Waals surface area contributed by atoms with E-state index in [1.165, 1.54) is 12.1 Å². The molecule has 1 atom stereocenters. The van der Waals surface area contributed by atoms with Crippen molar-refractivity contribution in [3.8, 4) is 0 Å². The van der Waals surface area contributed by atoms with Gasteiger partial charge in [-0.1, -0.05) is 48.5 Å². The predicted octanol–water partition coefficient (Wildman–Crippen LogP) is 4.54. The number of nitrogens with zero attached hydrogens (tertiary/aromatic N) is 2. The molecule has 2 heterocycles. The lowest BCUT2D eigenvalue weighted by molar-refractivity contribution is -0.143. The fraction of sp³-hybridized carbons (Fsp3) is 0.462. The summed E-state index contributed by atoms with van der Waals surface area (Å²) < 4.78 is 39.0. The maximum absolute atomic E-state index is 13.3. The Hall–Kier alpha value is -2.87. The average molecular weight is 474 g/mol. The third-order valence-electron chi connectivity index (χ3n) is 6.63. The summed E-state index contributed by atoms with van der Waals surface area (Å²) in [4.78, 5) is 29.7. The van der Waals surface area contributed by atoms with Crippen LogP contribution in [0, 0.1) is 0 Å². The molecule has 0 aliphatic carbocycles. The predicted molar refractivity (Wildman–Crippen MR) is 123 cm³/mol. The van der Waals surface area contributed by atoms with Crippen molar-refractivity contribution in [1.29, 1.82) is 0 Å². The molecule has 0 aromatic heterocycles. The van der Waals surface area contributed by atoms with Crippen molar-refractivity contribution in [2.75, 3.05) is 19.6 Å². The van der Waals surface area contributed by atoms with Crippen LogP contribution in [0.25, 0.3) is 0 Å². The minimum absolute atomic E-state index is 0.00570. The molecule has 182 valence electrons. The molecule has 5 nitrogen and oxygen atoms in total. The number of amides is 2. The van der Waals surface area contributed by atoms with Crippen molar-refractivity contribution >= 4 is 11.8 Å². The molecule has 2 saturated heterocycles. The number of piperidine rings is 2. The number of carbonyl (C=O) groups excluding carboxylic acids is 2. The van der Waals surface area contributed by atoms with E-state index >= 15 is 0 Å². The van der Waals surface area contributed by atoms with Gasteiger partial charge in [0.2, 0.25) is 11.8 Å². The van der Waals surface area contributed by atoms with Crippen molar-refractivity contribution in [2.24, 2.45) is 0 Å². The van der Waals surface area contributed by atoms with Crippen LogP contribution in [-0.4, -0.2) is 47.3 Å². The van der Waals surface area contributed by atoms with Gasteiger partial charge in [-0.25, -0.2) is 0 Å². The Labute approximate surface area is 197 Å². The van der Waals surface area contributed by atoms with Crippen LogP contribution in [0.3, 0.4) is 0 Å². The second-order valence-corrected chi connectivity index (χ2v) is 9.11. The van der Waals surface area contributed by atoms with E-state index in [1.807, 2.05) is 30.3 Å². The van der Waals surface area contributed by atoms with Crippen molar-refractivity contribution in [3.63, 3.8) is 0 Å². The van der Waals surface area contributed by atoms with E-state index in [0.717, 1.165) is 24.5 Å². The van der Waals surface area contributed by atoms with Crippen LogP contribution in [0.1, 0.15) is 54.8 Å². The monoisotopic (exact) mass is 473 g/mol. The second-order valence-electron chi connectivity index (χ2n) is 9.11. The highest BCUT2D eigenvalue weighted by atomic mass is 19.4. The zero-order valence-corrected chi connectivity index (χ0v) is 19.1. The molecule has 2 amide bonds. The Morgan fingerprint density at radius 3 is 2.41 bits per heavy atom. The molecule has 8 heteroatoms. The molecule has 2 aromatic rings. The van der Waals surface area contributed by atoms with Crippen LogP contribution in [0.4, 0.5) is 13.2 Å². The number of alkyl halides is 3. The van der Waals surface area contributed by atoms with E-state index < -0.39 is 17.8 Å². The number of hydrogen-bond acceptors (Lipinski definition) is 3. The summed E-state index contributed by atoms with van der Waals surface area (Å²) >= 11 is 0. The molecular formula is C26H30F3N3O2. The first-order valence-corrected chi connectivity index (χ1v) is 11.8. The Morgan fingerprint density at radius 2 is 1.74 bits per heavy atom. The topological polar surface area (TPSA) is 52.7 Å². The van der Waals surface area contributed by atoms with Gasteiger partial charge in [0.15, 0.2) is 0 Å². The zero-order valence-electron chi connectivity index (χ0n) is 19.1. The smallest absolute Gasteiger partial charge is 0.351 e. The number of likely N-dealkylation sites (tertiary alicyclic amines) is 2. The fourth-order valence-electron chi connectivity index (χ4n) is 4.83. The molecule has 2 aliphatic heterocycles. The average Bonchev–Trinajstić information content (AvgIpc) is 2.82. The molecule has 2 aromatic carbocycles. The quantitative estimate of drug-likeness (QED) is 0.670. The van der Waals surface area contributed by atoms with Crippen LogP contribution in [0.15, 0.2) is 54.6 Å². The van der Waals surface area contributed by atoms with Crippen molar-refractivity contribution in [1.82, 2.24) is 15.1 Å².